The van der Waals surface area contributed by atoms with Gasteiger partial charge in [-0.25, -0.2) is 0 Å². The molecule has 0 aliphatic heterocycles. The standard InChI is InChI=1S/C8H18N2O2S/c1-7(2)10-8(11)3-5-13(12)6-4-9/h7H,3-6,9H2,1-2H3,(H,10,11). The summed E-state index contributed by atoms with van der Waals surface area (Å²) in [4.78, 5) is 11.1. The summed E-state index contributed by atoms with van der Waals surface area (Å²) in [6.45, 7) is 4.21. The zero-order valence-corrected chi connectivity index (χ0v) is 9.02. The normalized spacial score (nSPS) is 12.9. The largest absolute Gasteiger partial charge is 0.354 e. The molecule has 78 valence electrons. The summed E-state index contributed by atoms with van der Waals surface area (Å²) in [5.41, 5.74) is 5.22. The minimum absolute atomic E-state index is 0.0413. The zero-order valence-electron chi connectivity index (χ0n) is 8.21. The smallest absolute Gasteiger partial charge is 0.221 e. The molecule has 13 heavy (non-hydrogen) atoms. The van der Waals surface area contributed by atoms with Gasteiger partial charge in [-0.2, -0.15) is 0 Å². The van der Waals surface area contributed by atoms with E-state index in [1.165, 1.54) is 0 Å². The van der Waals surface area contributed by atoms with E-state index in [-0.39, 0.29) is 11.9 Å². The van der Waals surface area contributed by atoms with Crippen LogP contribution >= 0.6 is 0 Å². The second-order valence-electron chi connectivity index (χ2n) is 3.11. The van der Waals surface area contributed by atoms with Crippen molar-refractivity contribution in [2.45, 2.75) is 26.3 Å². The number of hydrogen-bond donors (Lipinski definition) is 2. The first-order valence-corrected chi connectivity index (χ1v) is 5.89. The first kappa shape index (κ1) is 12.6. The highest BCUT2D eigenvalue weighted by molar-refractivity contribution is 7.85. The molecule has 1 amide bonds. The van der Waals surface area contributed by atoms with Crippen LogP contribution in [0.15, 0.2) is 0 Å². The monoisotopic (exact) mass is 206 g/mol. The van der Waals surface area contributed by atoms with Gasteiger partial charge in [0.15, 0.2) is 0 Å². The molecule has 5 heteroatoms. The Labute approximate surface area is 81.7 Å². The molecule has 0 aliphatic rings. The van der Waals surface area contributed by atoms with Gasteiger partial charge in [-0.05, 0) is 13.8 Å². The highest BCUT2D eigenvalue weighted by Crippen LogP contribution is 1.89. The van der Waals surface area contributed by atoms with E-state index in [9.17, 15) is 9.00 Å². The fourth-order valence-electron chi connectivity index (χ4n) is 0.834. The van der Waals surface area contributed by atoms with Crippen LogP contribution in [0.3, 0.4) is 0 Å². The van der Waals surface area contributed by atoms with Gasteiger partial charge in [0, 0.05) is 41.3 Å². The van der Waals surface area contributed by atoms with Gasteiger partial charge in [0.25, 0.3) is 0 Å². The molecule has 0 saturated carbocycles. The lowest BCUT2D eigenvalue weighted by Gasteiger charge is -2.07. The molecule has 0 spiro atoms. The molecule has 0 aromatic heterocycles. The summed E-state index contributed by atoms with van der Waals surface area (Å²) in [6, 6.07) is 0.149. The van der Waals surface area contributed by atoms with E-state index >= 15 is 0 Å². The maximum absolute atomic E-state index is 11.1. The van der Waals surface area contributed by atoms with Gasteiger partial charge < -0.3 is 11.1 Å². The molecule has 1 unspecified atom stereocenters. The third-order valence-electron chi connectivity index (χ3n) is 1.35. The number of nitrogens with one attached hydrogen (secondary N) is 1. The summed E-state index contributed by atoms with van der Waals surface area (Å²) in [5.74, 6) is 0.852. The summed E-state index contributed by atoms with van der Waals surface area (Å²) in [6.07, 6.45) is 0.324. The molecule has 0 aliphatic carbocycles. The topological polar surface area (TPSA) is 72.2 Å². The van der Waals surface area contributed by atoms with E-state index < -0.39 is 10.8 Å². The molecule has 3 N–H and O–H groups in total. The average Bonchev–Trinajstić information content (AvgIpc) is 2.00. The van der Waals surface area contributed by atoms with Gasteiger partial charge in [0.2, 0.25) is 5.91 Å². The van der Waals surface area contributed by atoms with E-state index in [4.69, 9.17) is 5.73 Å². The van der Waals surface area contributed by atoms with Crippen molar-refractivity contribution in [3.05, 3.63) is 0 Å². The van der Waals surface area contributed by atoms with Crippen molar-refractivity contribution < 1.29 is 9.00 Å². The lowest BCUT2D eigenvalue weighted by Crippen LogP contribution is -2.31. The molecule has 0 heterocycles. The number of hydrogen-bond acceptors (Lipinski definition) is 3. The summed E-state index contributed by atoms with van der Waals surface area (Å²) in [7, 11) is -0.941. The molecule has 0 saturated heterocycles. The number of rotatable bonds is 6. The van der Waals surface area contributed by atoms with Crippen molar-refractivity contribution in [3.8, 4) is 0 Å². The Morgan fingerprint density at radius 3 is 2.54 bits per heavy atom. The van der Waals surface area contributed by atoms with Gasteiger partial charge in [0.05, 0.1) is 0 Å². The first-order valence-electron chi connectivity index (χ1n) is 4.40. The van der Waals surface area contributed by atoms with Crippen LogP contribution in [-0.4, -0.2) is 34.2 Å². The predicted octanol–water partition coefficient (Wildman–Crippen LogP) is -0.391. The minimum atomic E-state index is -0.941. The molecule has 0 aromatic carbocycles. The first-order chi connectivity index (χ1) is 6.06. The van der Waals surface area contributed by atoms with E-state index in [0.717, 1.165) is 0 Å². The van der Waals surface area contributed by atoms with Crippen molar-refractivity contribution in [2.24, 2.45) is 5.73 Å². The maximum atomic E-state index is 11.1. The molecule has 4 nitrogen and oxygen atoms in total. The zero-order chi connectivity index (χ0) is 10.3. The molecular formula is C8H18N2O2S. The van der Waals surface area contributed by atoms with Crippen LogP contribution in [0.4, 0.5) is 0 Å². The number of carbonyl (C=O) groups excluding carboxylic acids is 1. The van der Waals surface area contributed by atoms with Crippen LogP contribution in [-0.2, 0) is 15.6 Å². The van der Waals surface area contributed by atoms with Crippen molar-refractivity contribution in [3.63, 3.8) is 0 Å². The van der Waals surface area contributed by atoms with Crippen LogP contribution in [0.1, 0.15) is 20.3 Å². The van der Waals surface area contributed by atoms with Gasteiger partial charge in [-0.15, -0.1) is 0 Å². The third-order valence-corrected chi connectivity index (χ3v) is 2.70. The predicted molar refractivity (Wildman–Crippen MR) is 54.8 cm³/mol. The van der Waals surface area contributed by atoms with Crippen LogP contribution in [0.5, 0.6) is 0 Å². The second-order valence-corrected chi connectivity index (χ2v) is 4.81. The minimum Gasteiger partial charge on any atom is -0.354 e. The van der Waals surface area contributed by atoms with Gasteiger partial charge >= 0.3 is 0 Å². The summed E-state index contributed by atoms with van der Waals surface area (Å²) in [5, 5.41) is 2.74. The molecule has 0 rings (SSSR count). The van der Waals surface area contributed by atoms with Gasteiger partial charge in [0.1, 0.15) is 0 Å². The third kappa shape index (κ3) is 7.93. The average molecular weight is 206 g/mol. The Bertz CT molecular complexity index is 183. The lowest BCUT2D eigenvalue weighted by atomic mass is 10.3. The van der Waals surface area contributed by atoms with Crippen LogP contribution in [0.25, 0.3) is 0 Å². The number of amides is 1. The summed E-state index contributed by atoms with van der Waals surface area (Å²) >= 11 is 0. The highest BCUT2D eigenvalue weighted by Gasteiger charge is 2.05. The molecular weight excluding hydrogens is 188 g/mol. The number of nitrogens with two attached hydrogens (primary N) is 1. The Balaban J connectivity index is 3.52. The van der Waals surface area contributed by atoms with E-state index in [2.05, 4.69) is 5.32 Å². The van der Waals surface area contributed by atoms with E-state index in [0.29, 0.717) is 24.5 Å². The van der Waals surface area contributed by atoms with Gasteiger partial charge in [-0.1, -0.05) is 0 Å². The van der Waals surface area contributed by atoms with Crippen molar-refractivity contribution in [1.82, 2.24) is 5.32 Å². The second kappa shape index (κ2) is 7.03. The molecule has 0 fully saturated rings. The van der Waals surface area contributed by atoms with E-state index in [1.807, 2.05) is 13.8 Å². The quantitative estimate of drug-likeness (QED) is 0.621. The van der Waals surface area contributed by atoms with E-state index in [1.54, 1.807) is 0 Å². The van der Waals surface area contributed by atoms with Crippen molar-refractivity contribution in [2.75, 3.05) is 18.1 Å². The Morgan fingerprint density at radius 2 is 2.08 bits per heavy atom. The van der Waals surface area contributed by atoms with Crippen LogP contribution < -0.4 is 11.1 Å². The molecule has 0 radical (unpaired) electrons. The van der Waals surface area contributed by atoms with Gasteiger partial charge in [-0.3, -0.25) is 9.00 Å². The fraction of sp³-hybridized carbons (Fsp3) is 0.875. The van der Waals surface area contributed by atoms with Crippen LogP contribution in [0.2, 0.25) is 0 Å². The van der Waals surface area contributed by atoms with Crippen LogP contribution in [0, 0.1) is 0 Å². The molecule has 0 bridgehead atoms. The molecule has 1 atom stereocenters. The maximum Gasteiger partial charge on any atom is 0.221 e. The lowest BCUT2D eigenvalue weighted by molar-refractivity contribution is -0.121. The molecule has 0 aromatic rings. The van der Waals surface area contributed by atoms with Crippen molar-refractivity contribution >= 4 is 16.7 Å². The SMILES string of the molecule is CC(C)NC(=O)CCS(=O)CCN. The Morgan fingerprint density at radius 1 is 1.46 bits per heavy atom. The number of carbonyl (C=O) groups is 1. The summed E-state index contributed by atoms with van der Waals surface area (Å²) < 4.78 is 11.1. The Kier molecular flexibility index (Phi) is 6.80. The van der Waals surface area contributed by atoms with Crippen molar-refractivity contribution in [1.29, 1.82) is 0 Å². The Hall–Kier alpha value is -0.420. The fourth-order valence-corrected chi connectivity index (χ4v) is 1.71. The highest BCUT2D eigenvalue weighted by atomic mass is 32.2.